The summed E-state index contributed by atoms with van der Waals surface area (Å²) in [6.45, 7) is 4.99. The van der Waals surface area contributed by atoms with Crippen molar-refractivity contribution in [3.05, 3.63) is 0 Å². The lowest BCUT2D eigenvalue weighted by Crippen LogP contribution is -2.41. The van der Waals surface area contributed by atoms with Crippen molar-refractivity contribution >= 4 is 0 Å². The second-order valence-electron chi connectivity index (χ2n) is 7.70. The molecule has 0 aromatic heterocycles. The van der Waals surface area contributed by atoms with Crippen LogP contribution in [0.3, 0.4) is 0 Å². The Bertz CT molecular complexity index is 216. The monoisotopic (exact) mass is 314 g/mol. The van der Waals surface area contributed by atoms with Gasteiger partial charge >= 0.3 is 0 Å². The summed E-state index contributed by atoms with van der Waals surface area (Å²) >= 11 is 0. The lowest BCUT2D eigenvalue weighted by Gasteiger charge is -2.29. The number of rotatable bonds is 17. The van der Waals surface area contributed by atoms with Crippen molar-refractivity contribution in [2.45, 2.75) is 96.8 Å². The van der Waals surface area contributed by atoms with Crippen LogP contribution in [-0.4, -0.2) is 43.4 Å². The molecule has 0 radical (unpaired) electrons. The van der Waals surface area contributed by atoms with Crippen LogP contribution in [0.25, 0.3) is 0 Å². The number of hydrogen-bond acceptors (Lipinski definition) is 1. The van der Waals surface area contributed by atoms with E-state index in [9.17, 15) is 0 Å². The van der Waals surface area contributed by atoms with Gasteiger partial charge in [0.15, 0.2) is 0 Å². The second kappa shape index (κ2) is 15.8. The number of aliphatic hydroxyl groups is 1. The first-order valence-corrected chi connectivity index (χ1v) is 10.1. The molecule has 0 aromatic carbocycles. The van der Waals surface area contributed by atoms with E-state index in [1.807, 2.05) is 0 Å². The van der Waals surface area contributed by atoms with Crippen LogP contribution >= 0.6 is 0 Å². The van der Waals surface area contributed by atoms with Gasteiger partial charge in [0.05, 0.1) is 27.2 Å². The molecule has 1 N–H and O–H groups in total. The van der Waals surface area contributed by atoms with Gasteiger partial charge in [-0.15, -0.1) is 0 Å². The molecule has 0 unspecified atom stereocenters. The average Bonchev–Trinajstić information content (AvgIpc) is 2.50. The largest absolute Gasteiger partial charge is 0.396 e. The van der Waals surface area contributed by atoms with E-state index in [-0.39, 0.29) is 0 Å². The van der Waals surface area contributed by atoms with E-state index in [4.69, 9.17) is 5.11 Å². The average molecular weight is 315 g/mol. The first-order valence-electron chi connectivity index (χ1n) is 10.1. The molecule has 0 fully saturated rings. The lowest BCUT2D eigenvalue weighted by molar-refractivity contribution is -0.890. The minimum atomic E-state index is 0.334. The summed E-state index contributed by atoms with van der Waals surface area (Å²) in [7, 11) is 4.58. The molecule has 0 aliphatic carbocycles. The smallest absolute Gasteiger partial charge is 0.0804 e. The molecular formula is C20H44NO+. The van der Waals surface area contributed by atoms with Crippen LogP contribution in [0.15, 0.2) is 0 Å². The van der Waals surface area contributed by atoms with E-state index in [0.29, 0.717) is 6.61 Å². The third-order valence-corrected chi connectivity index (χ3v) is 4.79. The number of quaternary nitrogens is 1. The van der Waals surface area contributed by atoms with Gasteiger partial charge in [-0.3, -0.25) is 0 Å². The molecule has 0 heterocycles. The van der Waals surface area contributed by atoms with Gasteiger partial charge in [-0.05, 0) is 12.8 Å². The highest BCUT2D eigenvalue weighted by molar-refractivity contribution is 4.49. The van der Waals surface area contributed by atoms with Crippen molar-refractivity contribution in [2.75, 3.05) is 33.8 Å². The SMILES string of the molecule is CCCCCCCCCCCCCCC[N+](C)(C)CCCO. The highest BCUT2D eigenvalue weighted by atomic mass is 16.3. The Balaban J connectivity index is 3.17. The zero-order valence-corrected chi connectivity index (χ0v) is 15.9. The van der Waals surface area contributed by atoms with E-state index in [0.717, 1.165) is 17.4 Å². The molecule has 2 nitrogen and oxygen atoms in total. The Kier molecular flexibility index (Phi) is 15.7. The Hall–Kier alpha value is -0.0800. The highest BCUT2D eigenvalue weighted by Crippen LogP contribution is 2.13. The summed E-state index contributed by atoms with van der Waals surface area (Å²) < 4.78 is 1.07. The molecule has 0 rings (SSSR count). The number of hydrogen-bond donors (Lipinski definition) is 1. The number of aliphatic hydroxyl groups excluding tert-OH is 1. The third-order valence-electron chi connectivity index (χ3n) is 4.79. The maximum atomic E-state index is 8.90. The van der Waals surface area contributed by atoms with Crippen LogP contribution in [0.1, 0.15) is 96.8 Å². The molecule has 0 saturated carbocycles. The van der Waals surface area contributed by atoms with Gasteiger partial charge in [-0.25, -0.2) is 0 Å². The van der Waals surface area contributed by atoms with E-state index in [1.165, 1.54) is 90.0 Å². The quantitative estimate of drug-likeness (QED) is 0.276. The number of nitrogens with zero attached hydrogens (tertiary/aromatic N) is 1. The molecule has 0 amide bonds. The minimum absolute atomic E-state index is 0.334. The second-order valence-corrected chi connectivity index (χ2v) is 7.70. The minimum Gasteiger partial charge on any atom is -0.396 e. The van der Waals surface area contributed by atoms with E-state index in [2.05, 4.69) is 21.0 Å². The van der Waals surface area contributed by atoms with Gasteiger partial charge in [0, 0.05) is 13.0 Å². The third kappa shape index (κ3) is 16.3. The van der Waals surface area contributed by atoms with Crippen LogP contribution in [0.2, 0.25) is 0 Å². The molecule has 0 aliphatic rings. The molecule has 0 bridgehead atoms. The summed E-state index contributed by atoms with van der Waals surface area (Å²) in [5.74, 6) is 0. The maximum Gasteiger partial charge on any atom is 0.0804 e. The summed E-state index contributed by atoms with van der Waals surface area (Å²) in [5.41, 5.74) is 0. The fourth-order valence-corrected chi connectivity index (χ4v) is 3.17. The van der Waals surface area contributed by atoms with Crippen molar-refractivity contribution in [1.29, 1.82) is 0 Å². The summed E-state index contributed by atoms with van der Waals surface area (Å²) in [5, 5.41) is 8.90. The molecule has 22 heavy (non-hydrogen) atoms. The van der Waals surface area contributed by atoms with Crippen molar-refractivity contribution in [3.63, 3.8) is 0 Å². The van der Waals surface area contributed by atoms with E-state index < -0.39 is 0 Å². The molecule has 0 atom stereocenters. The molecule has 0 saturated heterocycles. The lowest BCUT2D eigenvalue weighted by atomic mass is 10.0. The normalized spacial score (nSPS) is 12.0. The van der Waals surface area contributed by atoms with E-state index >= 15 is 0 Å². The van der Waals surface area contributed by atoms with Gasteiger partial charge in [0.2, 0.25) is 0 Å². The van der Waals surface area contributed by atoms with Crippen molar-refractivity contribution in [1.82, 2.24) is 0 Å². The molecule has 2 heteroatoms. The Morgan fingerprint density at radius 1 is 0.545 bits per heavy atom. The van der Waals surface area contributed by atoms with Gasteiger partial charge < -0.3 is 9.59 Å². The summed E-state index contributed by atoms with van der Waals surface area (Å²) in [6.07, 6.45) is 19.5. The van der Waals surface area contributed by atoms with Gasteiger partial charge in [0.1, 0.15) is 0 Å². The maximum absolute atomic E-state index is 8.90. The standard InChI is InChI=1S/C20H44NO/c1-4-5-6-7-8-9-10-11-12-13-14-15-16-18-21(2,3)19-17-20-22/h22H,4-20H2,1-3H3/q+1. The van der Waals surface area contributed by atoms with Crippen molar-refractivity contribution < 1.29 is 9.59 Å². The predicted molar refractivity (Wildman–Crippen MR) is 99.2 cm³/mol. The van der Waals surface area contributed by atoms with Crippen LogP contribution in [0.4, 0.5) is 0 Å². The Morgan fingerprint density at radius 3 is 1.32 bits per heavy atom. The molecule has 0 aromatic rings. The molecular weight excluding hydrogens is 270 g/mol. The van der Waals surface area contributed by atoms with Gasteiger partial charge in [-0.2, -0.15) is 0 Å². The fourth-order valence-electron chi connectivity index (χ4n) is 3.17. The highest BCUT2D eigenvalue weighted by Gasteiger charge is 2.12. The molecule has 0 aliphatic heterocycles. The van der Waals surface area contributed by atoms with Gasteiger partial charge in [-0.1, -0.05) is 77.6 Å². The number of unbranched alkanes of at least 4 members (excludes halogenated alkanes) is 12. The first kappa shape index (κ1) is 21.9. The summed E-state index contributed by atoms with van der Waals surface area (Å²) in [4.78, 5) is 0. The molecule has 134 valence electrons. The van der Waals surface area contributed by atoms with Crippen LogP contribution in [0, 0.1) is 0 Å². The van der Waals surface area contributed by atoms with Crippen molar-refractivity contribution in [2.24, 2.45) is 0 Å². The molecule has 0 spiro atoms. The Morgan fingerprint density at radius 2 is 0.909 bits per heavy atom. The zero-order valence-electron chi connectivity index (χ0n) is 15.9. The van der Waals surface area contributed by atoms with Crippen LogP contribution < -0.4 is 0 Å². The van der Waals surface area contributed by atoms with E-state index in [1.54, 1.807) is 0 Å². The van der Waals surface area contributed by atoms with Crippen LogP contribution in [0.5, 0.6) is 0 Å². The van der Waals surface area contributed by atoms with Crippen LogP contribution in [-0.2, 0) is 0 Å². The predicted octanol–water partition coefficient (Wildman–Crippen LogP) is 5.54. The van der Waals surface area contributed by atoms with Gasteiger partial charge in [0.25, 0.3) is 0 Å². The zero-order chi connectivity index (χ0) is 16.5. The summed E-state index contributed by atoms with van der Waals surface area (Å²) in [6, 6.07) is 0. The topological polar surface area (TPSA) is 20.2 Å². The Labute approximate surface area is 140 Å². The first-order chi connectivity index (χ1) is 10.6. The fraction of sp³-hybridized carbons (Fsp3) is 1.00. The van der Waals surface area contributed by atoms with Crippen molar-refractivity contribution in [3.8, 4) is 0 Å².